The molecule has 104 valence electrons. The Kier molecular flexibility index (Phi) is 8.46. The summed E-state index contributed by atoms with van der Waals surface area (Å²) in [5.41, 5.74) is 0. The molecule has 0 unspecified atom stereocenters. The quantitative estimate of drug-likeness (QED) is 0.676. The summed E-state index contributed by atoms with van der Waals surface area (Å²) >= 11 is 0. The second kappa shape index (κ2) is 8.97. The van der Waals surface area contributed by atoms with Gasteiger partial charge < -0.3 is 4.90 Å². The Labute approximate surface area is 108 Å². The van der Waals surface area contributed by atoms with Crippen LogP contribution >= 0.6 is 0 Å². The summed E-state index contributed by atoms with van der Waals surface area (Å²) in [5, 5.41) is 0. The fourth-order valence-corrected chi connectivity index (χ4v) is 1.36. The number of piperidine rings is 1. The first-order valence-electron chi connectivity index (χ1n) is 6.26. The highest BCUT2D eigenvalue weighted by atomic mass is 19.3. The van der Waals surface area contributed by atoms with Crippen molar-refractivity contribution >= 4 is 0 Å². The summed E-state index contributed by atoms with van der Waals surface area (Å²) < 4.78 is 36.6. The van der Waals surface area contributed by atoms with Crippen molar-refractivity contribution in [2.24, 2.45) is 0 Å². The molecule has 0 spiro atoms. The van der Waals surface area contributed by atoms with Gasteiger partial charge in [0, 0.05) is 25.9 Å². The average molecular weight is 261 g/mol. The van der Waals surface area contributed by atoms with Crippen molar-refractivity contribution in [2.75, 3.05) is 20.1 Å². The van der Waals surface area contributed by atoms with E-state index >= 15 is 0 Å². The van der Waals surface area contributed by atoms with Gasteiger partial charge in [0.15, 0.2) is 0 Å². The molecule has 0 N–H and O–H groups in total. The van der Waals surface area contributed by atoms with Crippen molar-refractivity contribution in [1.29, 1.82) is 0 Å². The van der Waals surface area contributed by atoms with Crippen LogP contribution in [0.15, 0.2) is 30.3 Å². The molecular weight excluding hydrogens is 239 g/mol. The van der Waals surface area contributed by atoms with Crippen LogP contribution in [0.4, 0.5) is 13.2 Å². The van der Waals surface area contributed by atoms with E-state index in [1.165, 1.54) is 12.1 Å². The standard InChI is InChI=1S/C6H11F2N.C6H5F.C2H6/c1-9-4-2-6(7,8)3-5-9;7-6-4-2-1-3-5-6;1-2/h2-5H2,1H3;1-5H;1-2H3. The van der Waals surface area contributed by atoms with Crippen molar-refractivity contribution in [3.8, 4) is 0 Å². The molecule has 1 aromatic rings. The lowest BCUT2D eigenvalue weighted by atomic mass is 10.1. The number of hydrogen-bond donors (Lipinski definition) is 0. The van der Waals surface area contributed by atoms with E-state index in [4.69, 9.17) is 0 Å². The molecule has 0 bridgehead atoms. The minimum absolute atomic E-state index is 0.0312. The van der Waals surface area contributed by atoms with Crippen LogP contribution in [-0.4, -0.2) is 31.0 Å². The van der Waals surface area contributed by atoms with Crippen molar-refractivity contribution in [2.45, 2.75) is 32.6 Å². The van der Waals surface area contributed by atoms with Gasteiger partial charge in [0.2, 0.25) is 0 Å². The van der Waals surface area contributed by atoms with E-state index < -0.39 is 5.92 Å². The van der Waals surface area contributed by atoms with Crippen LogP contribution < -0.4 is 0 Å². The fraction of sp³-hybridized carbons (Fsp3) is 0.571. The second-order valence-corrected chi connectivity index (χ2v) is 3.95. The van der Waals surface area contributed by atoms with Crippen LogP contribution in [0.3, 0.4) is 0 Å². The van der Waals surface area contributed by atoms with Crippen molar-refractivity contribution in [3.63, 3.8) is 0 Å². The SMILES string of the molecule is CC.CN1CCC(F)(F)CC1.Fc1ccccc1. The molecule has 0 saturated carbocycles. The van der Waals surface area contributed by atoms with Gasteiger partial charge in [0.1, 0.15) is 5.82 Å². The Bertz CT molecular complexity index is 291. The molecule has 18 heavy (non-hydrogen) atoms. The summed E-state index contributed by atoms with van der Waals surface area (Å²) in [7, 11) is 1.87. The lowest BCUT2D eigenvalue weighted by Gasteiger charge is -2.28. The van der Waals surface area contributed by atoms with Crippen LogP contribution in [0.2, 0.25) is 0 Å². The van der Waals surface area contributed by atoms with Crippen LogP contribution in [0.5, 0.6) is 0 Å². The molecule has 1 aliphatic heterocycles. The second-order valence-electron chi connectivity index (χ2n) is 3.95. The predicted molar refractivity (Wildman–Crippen MR) is 69.4 cm³/mol. The van der Waals surface area contributed by atoms with Gasteiger partial charge in [-0.25, -0.2) is 13.2 Å². The maximum absolute atomic E-state index is 12.4. The van der Waals surface area contributed by atoms with Gasteiger partial charge >= 0.3 is 0 Å². The van der Waals surface area contributed by atoms with Crippen molar-refractivity contribution in [3.05, 3.63) is 36.1 Å². The molecule has 0 aromatic heterocycles. The number of nitrogens with zero attached hydrogens (tertiary/aromatic N) is 1. The van der Waals surface area contributed by atoms with Crippen LogP contribution in [0, 0.1) is 5.82 Å². The molecule has 1 heterocycles. The minimum Gasteiger partial charge on any atom is -0.306 e. The molecule has 1 aromatic carbocycles. The lowest BCUT2D eigenvalue weighted by Crippen LogP contribution is -2.36. The molecule has 4 heteroatoms. The third-order valence-corrected chi connectivity index (χ3v) is 2.45. The molecule has 1 nitrogen and oxygen atoms in total. The van der Waals surface area contributed by atoms with E-state index in [-0.39, 0.29) is 18.7 Å². The number of benzene rings is 1. The number of rotatable bonds is 0. The lowest BCUT2D eigenvalue weighted by molar-refractivity contribution is -0.0504. The number of alkyl halides is 2. The third-order valence-electron chi connectivity index (χ3n) is 2.45. The topological polar surface area (TPSA) is 3.24 Å². The van der Waals surface area contributed by atoms with Gasteiger partial charge in [-0.3, -0.25) is 0 Å². The highest BCUT2D eigenvalue weighted by Crippen LogP contribution is 2.26. The third kappa shape index (κ3) is 8.12. The zero-order valence-corrected chi connectivity index (χ0v) is 11.3. The van der Waals surface area contributed by atoms with Gasteiger partial charge in [0.25, 0.3) is 5.92 Å². The largest absolute Gasteiger partial charge is 0.306 e. The molecule has 0 aliphatic carbocycles. The van der Waals surface area contributed by atoms with Crippen molar-refractivity contribution < 1.29 is 13.2 Å². The van der Waals surface area contributed by atoms with Crippen LogP contribution in [0.25, 0.3) is 0 Å². The van der Waals surface area contributed by atoms with E-state index in [1.807, 2.05) is 25.8 Å². The zero-order chi connectivity index (χ0) is 14.0. The van der Waals surface area contributed by atoms with Gasteiger partial charge in [-0.1, -0.05) is 32.0 Å². The Morgan fingerprint density at radius 1 is 1.00 bits per heavy atom. The normalized spacial score (nSPS) is 17.9. The molecule has 1 aliphatic rings. The summed E-state index contributed by atoms with van der Waals surface area (Å²) in [6, 6.07) is 7.94. The summed E-state index contributed by atoms with van der Waals surface area (Å²) in [5.74, 6) is -2.56. The van der Waals surface area contributed by atoms with Crippen LogP contribution in [-0.2, 0) is 0 Å². The van der Waals surface area contributed by atoms with Crippen molar-refractivity contribution in [1.82, 2.24) is 4.90 Å². The molecule has 2 rings (SSSR count). The maximum Gasteiger partial charge on any atom is 0.250 e. The number of halogens is 3. The van der Waals surface area contributed by atoms with Crippen LogP contribution in [0.1, 0.15) is 26.7 Å². The molecule has 0 radical (unpaired) electrons. The first-order chi connectivity index (χ1) is 8.49. The summed E-state index contributed by atoms with van der Waals surface area (Å²) in [6.45, 7) is 5.07. The Hall–Kier alpha value is -1.03. The zero-order valence-electron chi connectivity index (χ0n) is 11.3. The molecule has 1 saturated heterocycles. The first kappa shape index (κ1) is 17.0. The predicted octanol–water partition coefficient (Wildman–Crippen LogP) is 4.20. The highest BCUT2D eigenvalue weighted by molar-refractivity contribution is 5.02. The van der Waals surface area contributed by atoms with E-state index in [1.54, 1.807) is 18.2 Å². The Balaban J connectivity index is 0.000000289. The van der Waals surface area contributed by atoms with E-state index in [0.717, 1.165) is 0 Å². The maximum atomic E-state index is 12.4. The first-order valence-corrected chi connectivity index (χ1v) is 6.26. The molecular formula is C14H22F3N. The summed E-state index contributed by atoms with van der Waals surface area (Å²) in [4.78, 5) is 1.93. The van der Waals surface area contributed by atoms with Gasteiger partial charge in [-0.2, -0.15) is 0 Å². The van der Waals surface area contributed by atoms with E-state index in [2.05, 4.69) is 0 Å². The monoisotopic (exact) mass is 261 g/mol. The number of likely N-dealkylation sites (tertiary alicyclic amines) is 1. The Morgan fingerprint density at radius 3 is 1.72 bits per heavy atom. The highest BCUT2D eigenvalue weighted by Gasteiger charge is 2.32. The minimum atomic E-state index is -2.38. The summed E-state index contributed by atoms with van der Waals surface area (Å²) in [6.07, 6.45) is 0.0625. The molecule has 0 atom stereocenters. The molecule has 1 fully saturated rings. The van der Waals surface area contributed by atoms with E-state index in [0.29, 0.717) is 13.1 Å². The van der Waals surface area contributed by atoms with Gasteiger partial charge in [-0.05, 0) is 19.2 Å². The van der Waals surface area contributed by atoms with E-state index in [9.17, 15) is 13.2 Å². The van der Waals surface area contributed by atoms with Gasteiger partial charge in [0.05, 0.1) is 0 Å². The number of hydrogen-bond acceptors (Lipinski definition) is 1. The average Bonchev–Trinajstić information content (AvgIpc) is 2.37. The molecule has 0 amide bonds. The van der Waals surface area contributed by atoms with Gasteiger partial charge in [-0.15, -0.1) is 0 Å². The Morgan fingerprint density at radius 2 is 1.44 bits per heavy atom. The fourth-order valence-electron chi connectivity index (χ4n) is 1.36. The smallest absolute Gasteiger partial charge is 0.250 e.